The number of nitrogens with zero attached hydrogens (tertiary/aromatic N) is 1. The molecule has 1 aromatic rings. The van der Waals surface area contributed by atoms with Crippen molar-refractivity contribution in [3.05, 3.63) is 35.4 Å². The van der Waals surface area contributed by atoms with E-state index in [1.165, 1.54) is 16.8 Å². The zero-order valence-electron chi connectivity index (χ0n) is 17.0. The van der Waals surface area contributed by atoms with Crippen LogP contribution in [0.25, 0.3) is 0 Å². The number of hydrogen-bond acceptors (Lipinski definition) is 6. The van der Waals surface area contributed by atoms with E-state index in [1.807, 2.05) is 0 Å². The summed E-state index contributed by atoms with van der Waals surface area (Å²) in [6, 6.07) is 4.62. The summed E-state index contributed by atoms with van der Waals surface area (Å²) >= 11 is 0. The minimum absolute atomic E-state index is 0.288. The van der Waals surface area contributed by atoms with Crippen LogP contribution in [0.2, 0.25) is 0 Å². The van der Waals surface area contributed by atoms with E-state index in [1.54, 1.807) is 7.11 Å². The molecule has 8 heteroatoms. The molecule has 0 aliphatic carbocycles. The van der Waals surface area contributed by atoms with Gasteiger partial charge in [-0.2, -0.15) is 0 Å². The first-order valence-electron chi connectivity index (χ1n) is 9.85. The molecule has 1 unspecified atom stereocenters. The number of fused-ring (bicyclic) bond motifs is 2. The Bertz CT molecular complexity index is 718. The van der Waals surface area contributed by atoms with Crippen molar-refractivity contribution >= 4 is 17.6 Å². The van der Waals surface area contributed by atoms with Crippen molar-refractivity contribution in [1.82, 2.24) is 5.32 Å². The molecule has 0 saturated carbocycles. The Morgan fingerprint density at radius 3 is 2.38 bits per heavy atom. The van der Waals surface area contributed by atoms with Crippen LogP contribution < -0.4 is 15.0 Å². The van der Waals surface area contributed by atoms with Gasteiger partial charge in [0.05, 0.1) is 18.8 Å². The van der Waals surface area contributed by atoms with Gasteiger partial charge in [-0.3, -0.25) is 0 Å². The van der Waals surface area contributed by atoms with E-state index < -0.39 is 11.9 Å². The van der Waals surface area contributed by atoms with Crippen molar-refractivity contribution in [3.8, 4) is 5.75 Å². The number of methoxy groups -OCH3 is 1. The fourth-order valence-electron chi connectivity index (χ4n) is 3.36. The first kappa shape index (κ1) is 22.7. The van der Waals surface area contributed by atoms with E-state index in [4.69, 9.17) is 19.7 Å². The summed E-state index contributed by atoms with van der Waals surface area (Å²) in [4.78, 5) is 21.5. The van der Waals surface area contributed by atoms with E-state index in [2.05, 4.69) is 29.3 Å². The van der Waals surface area contributed by atoms with Crippen LogP contribution in [0.4, 0.5) is 5.69 Å². The van der Waals surface area contributed by atoms with Gasteiger partial charge in [0.25, 0.3) is 0 Å². The lowest BCUT2D eigenvalue weighted by Crippen LogP contribution is -2.41. The van der Waals surface area contributed by atoms with E-state index in [0.717, 1.165) is 57.8 Å². The van der Waals surface area contributed by atoms with E-state index in [-0.39, 0.29) is 6.10 Å². The molecule has 160 valence electrons. The van der Waals surface area contributed by atoms with Gasteiger partial charge in [-0.1, -0.05) is 6.92 Å². The average molecular weight is 406 g/mol. The number of anilines is 1. The lowest BCUT2D eigenvalue weighted by Gasteiger charge is -2.36. The number of carboxylic acid groups (broad SMARTS) is 2. The van der Waals surface area contributed by atoms with Crippen LogP contribution >= 0.6 is 0 Å². The molecule has 0 spiro atoms. The average Bonchev–Trinajstić information content (AvgIpc) is 2.94. The highest BCUT2D eigenvalue weighted by Crippen LogP contribution is 2.37. The predicted molar refractivity (Wildman–Crippen MR) is 110 cm³/mol. The minimum Gasteiger partial charge on any atom is -0.486 e. The summed E-state index contributed by atoms with van der Waals surface area (Å²) in [5, 5.41) is 19.1. The SMILES string of the molecule is CCC1CN(CCOC)c2cc3c(cc2O1)CCNCC3.O=C(O)/C=C/C(=O)O. The lowest BCUT2D eigenvalue weighted by atomic mass is 9.99. The van der Waals surface area contributed by atoms with Crippen molar-refractivity contribution in [3.63, 3.8) is 0 Å². The molecular formula is C21H30N2O6. The summed E-state index contributed by atoms with van der Waals surface area (Å²) in [6.45, 7) is 6.98. The predicted octanol–water partition coefficient (Wildman–Crippen LogP) is 1.71. The number of carboxylic acids is 2. The Labute approximate surface area is 171 Å². The van der Waals surface area contributed by atoms with E-state index in [0.29, 0.717) is 12.2 Å². The molecule has 0 radical (unpaired) electrons. The summed E-state index contributed by atoms with van der Waals surface area (Å²) in [5.41, 5.74) is 4.17. The monoisotopic (exact) mass is 406 g/mol. The highest BCUT2D eigenvalue weighted by molar-refractivity contribution is 5.89. The molecule has 0 amide bonds. The van der Waals surface area contributed by atoms with Crippen LogP contribution in [0.15, 0.2) is 24.3 Å². The Hall–Kier alpha value is -2.58. The summed E-state index contributed by atoms with van der Waals surface area (Å²) in [5.74, 6) is -1.45. The molecule has 3 N–H and O–H groups in total. The van der Waals surface area contributed by atoms with Crippen molar-refractivity contribution < 1.29 is 29.3 Å². The van der Waals surface area contributed by atoms with Gasteiger partial charge in [0, 0.05) is 25.8 Å². The molecule has 0 saturated heterocycles. The van der Waals surface area contributed by atoms with E-state index in [9.17, 15) is 9.59 Å². The van der Waals surface area contributed by atoms with Gasteiger partial charge < -0.3 is 29.9 Å². The molecule has 1 aromatic carbocycles. The molecule has 0 aromatic heterocycles. The zero-order chi connectivity index (χ0) is 21.2. The van der Waals surface area contributed by atoms with Crippen LogP contribution in [0, 0.1) is 0 Å². The highest BCUT2D eigenvalue weighted by Gasteiger charge is 2.26. The van der Waals surface area contributed by atoms with Crippen molar-refractivity contribution in [2.45, 2.75) is 32.3 Å². The summed E-state index contributed by atoms with van der Waals surface area (Å²) < 4.78 is 11.5. The van der Waals surface area contributed by atoms with E-state index >= 15 is 0 Å². The largest absolute Gasteiger partial charge is 0.486 e. The minimum atomic E-state index is -1.26. The maximum atomic E-state index is 9.55. The smallest absolute Gasteiger partial charge is 0.328 e. The van der Waals surface area contributed by atoms with Gasteiger partial charge >= 0.3 is 11.9 Å². The standard InChI is InChI=1S/C17H26N2O2.C4H4O4/c1-3-15-12-19(8-9-20-2)16-10-13-4-6-18-7-5-14(13)11-17(16)21-15;5-3(6)1-2-4(7)8/h10-11,15,18H,3-9,12H2,1-2H3;1-2H,(H,5,6)(H,7,8)/b;2-1+. The second-order valence-electron chi connectivity index (χ2n) is 6.94. The van der Waals surface area contributed by atoms with Crippen molar-refractivity contribution in [1.29, 1.82) is 0 Å². The Kier molecular flexibility index (Phi) is 8.95. The number of carbonyl (C=O) groups is 2. The zero-order valence-corrected chi connectivity index (χ0v) is 17.0. The fourth-order valence-corrected chi connectivity index (χ4v) is 3.36. The van der Waals surface area contributed by atoms with Crippen molar-refractivity contribution in [2.24, 2.45) is 0 Å². The summed E-state index contributed by atoms with van der Waals surface area (Å²) in [6.07, 6.45) is 4.65. The number of ether oxygens (including phenoxy) is 2. The van der Waals surface area contributed by atoms with Crippen LogP contribution in [-0.4, -0.2) is 68.2 Å². The summed E-state index contributed by atoms with van der Waals surface area (Å²) in [7, 11) is 1.77. The number of nitrogens with one attached hydrogen (secondary N) is 1. The maximum Gasteiger partial charge on any atom is 0.328 e. The van der Waals surface area contributed by atoms with Gasteiger partial charge in [0.2, 0.25) is 0 Å². The number of aliphatic carboxylic acids is 2. The Morgan fingerprint density at radius 1 is 1.21 bits per heavy atom. The second kappa shape index (κ2) is 11.4. The molecule has 1 atom stereocenters. The molecule has 3 rings (SSSR count). The van der Waals surface area contributed by atoms with Crippen LogP contribution in [0.5, 0.6) is 5.75 Å². The molecule has 8 nitrogen and oxygen atoms in total. The molecule has 0 bridgehead atoms. The van der Waals surface area contributed by atoms with Crippen molar-refractivity contribution in [2.75, 3.05) is 44.8 Å². The third kappa shape index (κ3) is 7.07. The number of benzene rings is 1. The molecule has 2 aliphatic heterocycles. The quantitative estimate of drug-likeness (QED) is 0.613. The first-order chi connectivity index (χ1) is 13.9. The van der Waals surface area contributed by atoms with Crippen LogP contribution in [0.3, 0.4) is 0 Å². The topological polar surface area (TPSA) is 108 Å². The van der Waals surface area contributed by atoms with Crippen LogP contribution in [-0.2, 0) is 27.2 Å². The molecule has 2 aliphatic rings. The Morgan fingerprint density at radius 2 is 1.83 bits per heavy atom. The third-order valence-corrected chi connectivity index (χ3v) is 4.87. The fraction of sp³-hybridized carbons (Fsp3) is 0.524. The van der Waals surface area contributed by atoms with Gasteiger partial charge in [0.15, 0.2) is 0 Å². The Balaban J connectivity index is 0.000000321. The lowest BCUT2D eigenvalue weighted by molar-refractivity contribution is -0.134. The highest BCUT2D eigenvalue weighted by atomic mass is 16.5. The first-order valence-corrected chi connectivity index (χ1v) is 9.85. The molecule has 29 heavy (non-hydrogen) atoms. The number of rotatable bonds is 6. The number of hydrogen-bond donors (Lipinski definition) is 3. The normalized spacial score (nSPS) is 18.0. The molecule has 0 fully saturated rings. The maximum absolute atomic E-state index is 9.55. The molecule has 2 heterocycles. The van der Waals surface area contributed by atoms with Gasteiger partial charge in [-0.15, -0.1) is 0 Å². The van der Waals surface area contributed by atoms with Crippen LogP contribution in [0.1, 0.15) is 24.5 Å². The van der Waals surface area contributed by atoms with Gasteiger partial charge in [0.1, 0.15) is 11.9 Å². The van der Waals surface area contributed by atoms with Gasteiger partial charge in [-0.05, 0) is 55.6 Å². The second-order valence-corrected chi connectivity index (χ2v) is 6.94. The van der Waals surface area contributed by atoms with Gasteiger partial charge in [-0.25, -0.2) is 9.59 Å². The third-order valence-electron chi connectivity index (χ3n) is 4.87. The molecular weight excluding hydrogens is 376 g/mol.